The summed E-state index contributed by atoms with van der Waals surface area (Å²) in [7, 11) is 0. The maximum Gasteiger partial charge on any atom is 0.303 e. The normalized spacial score (nSPS) is 31.8. The van der Waals surface area contributed by atoms with Crippen LogP contribution >= 0.6 is 0 Å². The van der Waals surface area contributed by atoms with Crippen LogP contribution in [0.1, 0.15) is 35.5 Å². The molecule has 0 aliphatic carbocycles. The number of rotatable bonds is 6. The first-order valence-corrected chi connectivity index (χ1v) is 6.93. The van der Waals surface area contributed by atoms with Crippen molar-refractivity contribution < 1.29 is 39.4 Å². The Bertz CT molecular complexity index is 440. The van der Waals surface area contributed by atoms with E-state index >= 15 is 0 Å². The molecule has 0 aromatic heterocycles. The van der Waals surface area contributed by atoms with E-state index in [9.17, 15) is 14.4 Å². The third-order valence-electron chi connectivity index (χ3n) is 2.73. The van der Waals surface area contributed by atoms with Crippen molar-refractivity contribution in [2.24, 2.45) is 0 Å². The first-order chi connectivity index (χ1) is 10.8. The zero-order valence-electron chi connectivity index (χ0n) is 14.1. The Labute approximate surface area is 130 Å². The summed E-state index contributed by atoms with van der Waals surface area (Å²) >= 11 is 0. The lowest BCUT2D eigenvalue weighted by Gasteiger charge is -2.39. The van der Waals surface area contributed by atoms with E-state index in [-0.39, 0.29) is 13.2 Å². The maximum absolute atomic E-state index is 11.3. The SMILES string of the molecule is [2H][C@H]1[C@@H](OCC)O[C@H](COC(C)=O)[C@@H](OC(C)=O)[C@@H]1OC(C)=O. The number of hydrogen-bond acceptors (Lipinski definition) is 8. The topological polar surface area (TPSA) is 97.4 Å². The van der Waals surface area contributed by atoms with Crippen LogP contribution < -0.4 is 0 Å². The smallest absolute Gasteiger partial charge is 0.303 e. The molecule has 1 rings (SSSR count). The standard InChI is InChI=1S/C14H22O8/c1-5-18-13-6-11(20-9(3)16)14(21-10(4)17)12(22-13)7-19-8(2)15/h11-14H,5-7H2,1-4H3/t11-,12-,13+,14+/m1/s1/i6D/t6-,11-,12-,13+,14+. The molecule has 0 unspecified atom stereocenters. The minimum atomic E-state index is -1.11. The van der Waals surface area contributed by atoms with E-state index < -0.39 is 48.9 Å². The number of ether oxygens (including phenoxy) is 5. The molecule has 0 saturated carbocycles. The highest BCUT2D eigenvalue weighted by atomic mass is 16.7. The van der Waals surface area contributed by atoms with Crippen molar-refractivity contribution in [1.82, 2.24) is 0 Å². The highest BCUT2D eigenvalue weighted by molar-refractivity contribution is 5.67. The number of carbonyl (C=O) groups is 3. The first kappa shape index (κ1) is 16.7. The van der Waals surface area contributed by atoms with Crippen LogP contribution in [0.15, 0.2) is 0 Å². The van der Waals surface area contributed by atoms with Crippen LogP contribution in [0.25, 0.3) is 0 Å². The molecule has 22 heavy (non-hydrogen) atoms. The van der Waals surface area contributed by atoms with Crippen molar-refractivity contribution in [3.05, 3.63) is 0 Å². The van der Waals surface area contributed by atoms with Crippen molar-refractivity contribution in [2.75, 3.05) is 13.2 Å². The molecule has 1 aliphatic heterocycles. The fourth-order valence-electron chi connectivity index (χ4n) is 2.00. The van der Waals surface area contributed by atoms with Gasteiger partial charge in [-0.25, -0.2) is 0 Å². The Kier molecular flexibility index (Phi) is 6.60. The Morgan fingerprint density at radius 1 is 1.14 bits per heavy atom. The van der Waals surface area contributed by atoms with E-state index in [0.717, 1.165) is 0 Å². The van der Waals surface area contributed by atoms with Gasteiger partial charge in [0.25, 0.3) is 0 Å². The highest BCUT2D eigenvalue weighted by Gasteiger charge is 2.43. The van der Waals surface area contributed by atoms with Crippen molar-refractivity contribution in [1.29, 1.82) is 0 Å². The van der Waals surface area contributed by atoms with Crippen molar-refractivity contribution >= 4 is 17.9 Å². The van der Waals surface area contributed by atoms with E-state index in [2.05, 4.69) is 0 Å². The lowest BCUT2D eigenvalue weighted by Crippen LogP contribution is -2.54. The van der Waals surface area contributed by atoms with Crippen molar-refractivity contribution in [3.63, 3.8) is 0 Å². The molecule has 0 spiro atoms. The molecule has 1 fully saturated rings. The average Bonchev–Trinajstić information content (AvgIpc) is 2.43. The summed E-state index contributed by atoms with van der Waals surface area (Å²) in [5, 5.41) is 0. The van der Waals surface area contributed by atoms with E-state index in [4.69, 9.17) is 25.1 Å². The summed E-state index contributed by atoms with van der Waals surface area (Å²) in [5.74, 6) is -1.81. The minimum absolute atomic E-state index is 0.221. The van der Waals surface area contributed by atoms with Crippen molar-refractivity contribution in [2.45, 2.75) is 58.7 Å². The van der Waals surface area contributed by atoms with E-state index in [1.165, 1.54) is 20.8 Å². The summed E-state index contributed by atoms with van der Waals surface area (Å²) in [4.78, 5) is 33.6. The quantitative estimate of drug-likeness (QED) is 0.517. The van der Waals surface area contributed by atoms with Gasteiger partial charge in [0.2, 0.25) is 0 Å². The predicted molar refractivity (Wildman–Crippen MR) is 72.6 cm³/mol. The third-order valence-corrected chi connectivity index (χ3v) is 2.73. The zero-order chi connectivity index (χ0) is 17.6. The maximum atomic E-state index is 11.3. The third kappa shape index (κ3) is 5.98. The fourth-order valence-corrected chi connectivity index (χ4v) is 2.00. The molecule has 0 bridgehead atoms. The summed E-state index contributed by atoms with van der Waals surface area (Å²) < 4.78 is 34.2. The highest BCUT2D eigenvalue weighted by Crippen LogP contribution is 2.26. The largest absolute Gasteiger partial charge is 0.463 e. The summed E-state index contributed by atoms with van der Waals surface area (Å²) in [6.45, 7) is 5.36. The van der Waals surface area contributed by atoms with Gasteiger partial charge in [0.1, 0.15) is 18.8 Å². The van der Waals surface area contributed by atoms with E-state index in [0.29, 0.717) is 0 Å². The van der Waals surface area contributed by atoms with Gasteiger partial charge in [-0.1, -0.05) is 0 Å². The van der Waals surface area contributed by atoms with Gasteiger partial charge in [0, 0.05) is 35.1 Å². The summed E-state index contributed by atoms with van der Waals surface area (Å²) in [6.07, 6.45) is -5.20. The minimum Gasteiger partial charge on any atom is -0.463 e. The molecule has 0 aromatic rings. The fraction of sp³-hybridized carbons (Fsp3) is 0.786. The molecule has 0 amide bonds. The number of esters is 3. The van der Waals surface area contributed by atoms with Crippen LogP contribution in [-0.2, 0) is 38.1 Å². The van der Waals surface area contributed by atoms with Gasteiger partial charge in [-0.15, -0.1) is 0 Å². The molecule has 0 N–H and O–H groups in total. The van der Waals surface area contributed by atoms with Gasteiger partial charge in [-0.2, -0.15) is 0 Å². The molecule has 0 radical (unpaired) electrons. The predicted octanol–water partition coefficient (Wildman–Crippen LogP) is 0.564. The lowest BCUT2D eigenvalue weighted by molar-refractivity contribution is -0.265. The summed E-state index contributed by atoms with van der Waals surface area (Å²) in [5.41, 5.74) is 0. The van der Waals surface area contributed by atoms with Gasteiger partial charge in [-0.05, 0) is 6.92 Å². The van der Waals surface area contributed by atoms with Gasteiger partial charge in [0.05, 0.1) is 0 Å². The van der Waals surface area contributed by atoms with E-state index in [1.54, 1.807) is 6.92 Å². The van der Waals surface area contributed by atoms with Crippen LogP contribution in [0.3, 0.4) is 0 Å². The van der Waals surface area contributed by atoms with Crippen LogP contribution in [0.2, 0.25) is 0 Å². The molecule has 126 valence electrons. The summed E-state index contributed by atoms with van der Waals surface area (Å²) in [6, 6.07) is 0. The number of carbonyl (C=O) groups excluding carboxylic acids is 3. The zero-order valence-corrected chi connectivity index (χ0v) is 13.1. The van der Waals surface area contributed by atoms with Gasteiger partial charge < -0.3 is 23.7 Å². The second kappa shape index (κ2) is 8.70. The molecule has 1 saturated heterocycles. The molecule has 8 nitrogen and oxygen atoms in total. The van der Waals surface area contributed by atoms with Crippen LogP contribution in [-0.4, -0.2) is 55.7 Å². The molecule has 1 heterocycles. The van der Waals surface area contributed by atoms with E-state index in [1.807, 2.05) is 0 Å². The van der Waals surface area contributed by atoms with Crippen molar-refractivity contribution in [3.8, 4) is 0 Å². The van der Waals surface area contributed by atoms with Gasteiger partial charge in [-0.3, -0.25) is 14.4 Å². The Morgan fingerprint density at radius 3 is 2.27 bits per heavy atom. The molecule has 1 aliphatic rings. The van der Waals surface area contributed by atoms with Gasteiger partial charge in [0.15, 0.2) is 12.4 Å². The lowest BCUT2D eigenvalue weighted by atomic mass is 10.0. The first-order valence-electron chi connectivity index (χ1n) is 7.51. The van der Waals surface area contributed by atoms with Crippen LogP contribution in [0.5, 0.6) is 0 Å². The second-order valence-electron chi connectivity index (χ2n) is 4.64. The van der Waals surface area contributed by atoms with Crippen LogP contribution in [0.4, 0.5) is 0 Å². The second-order valence-corrected chi connectivity index (χ2v) is 4.64. The Morgan fingerprint density at radius 2 is 1.77 bits per heavy atom. The Balaban J connectivity index is 3.02. The molecule has 8 heteroatoms. The molecule has 0 aromatic carbocycles. The Hall–Kier alpha value is -1.67. The monoisotopic (exact) mass is 319 g/mol. The molecular weight excluding hydrogens is 296 g/mol. The van der Waals surface area contributed by atoms with Gasteiger partial charge >= 0.3 is 17.9 Å². The number of hydrogen-bond donors (Lipinski definition) is 0. The molecular formula is C14H22O8. The average molecular weight is 319 g/mol. The molecule has 5 atom stereocenters. The van der Waals surface area contributed by atoms with Crippen LogP contribution in [0, 0.1) is 0 Å².